The first kappa shape index (κ1) is 15.4. The van der Waals surface area contributed by atoms with Gasteiger partial charge in [0.25, 0.3) is 0 Å². The van der Waals surface area contributed by atoms with E-state index in [4.69, 9.17) is 5.73 Å². The number of tetrazole rings is 1. The predicted molar refractivity (Wildman–Crippen MR) is 81.0 cm³/mol. The Morgan fingerprint density at radius 3 is 2.43 bits per heavy atom. The van der Waals surface area contributed by atoms with E-state index in [2.05, 4.69) is 50.1 Å². The second-order valence-corrected chi connectivity index (χ2v) is 7.20. The van der Waals surface area contributed by atoms with Gasteiger partial charge in [0, 0.05) is 5.56 Å². The topological polar surface area (TPSA) is 69.6 Å². The molecule has 1 aromatic carbocycles. The number of anilines is 1. The lowest BCUT2D eigenvalue weighted by Gasteiger charge is -2.32. The molecule has 5 nitrogen and oxygen atoms in total. The Balaban J connectivity index is 2.45. The van der Waals surface area contributed by atoms with Gasteiger partial charge in [0.1, 0.15) is 5.82 Å². The average Bonchev–Trinajstić information content (AvgIpc) is 2.79. The standard InChI is InChI=1S/C15H22FN5/c1-14(2,3)9-15(4,5)21-13(18-19-20-21)10-6-7-12(17)11(16)8-10/h6-8H,9,17H2,1-5H3. The van der Waals surface area contributed by atoms with Gasteiger partial charge in [0.05, 0.1) is 11.2 Å². The second kappa shape index (κ2) is 5.09. The van der Waals surface area contributed by atoms with E-state index in [1.165, 1.54) is 12.1 Å². The first-order valence-electron chi connectivity index (χ1n) is 6.94. The van der Waals surface area contributed by atoms with Crippen LogP contribution >= 0.6 is 0 Å². The van der Waals surface area contributed by atoms with Crippen LogP contribution in [0.1, 0.15) is 41.0 Å². The minimum absolute atomic E-state index is 0.117. The number of nitrogens with two attached hydrogens (primary N) is 1. The van der Waals surface area contributed by atoms with Crippen molar-refractivity contribution in [3.8, 4) is 11.4 Å². The quantitative estimate of drug-likeness (QED) is 0.881. The largest absolute Gasteiger partial charge is 0.396 e. The average molecular weight is 291 g/mol. The molecule has 2 N–H and O–H groups in total. The smallest absolute Gasteiger partial charge is 0.182 e. The molecule has 2 aromatic rings. The number of nitrogen functional groups attached to an aromatic ring is 1. The molecule has 0 bridgehead atoms. The lowest BCUT2D eigenvalue weighted by atomic mass is 9.82. The molecule has 1 aromatic heterocycles. The van der Waals surface area contributed by atoms with Gasteiger partial charge in [-0.05, 0) is 54.3 Å². The molecule has 6 heteroatoms. The monoisotopic (exact) mass is 291 g/mol. The van der Waals surface area contributed by atoms with Gasteiger partial charge in [-0.25, -0.2) is 9.07 Å². The molecular formula is C15H22FN5. The minimum atomic E-state index is -0.462. The SMILES string of the molecule is CC(C)(C)CC(C)(C)n1nnnc1-c1ccc(N)c(F)c1. The van der Waals surface area contributed by atoms with Gasteiger partial charge in [-0.1, -0.05) is 20.8 Å². The highest BCUT2D eigenvalue weighted by atomic mass is 19.1. The summed E-state index contributed by atoms with van der Waals surface area (Å²) < 4.78 is 15.4. The Morgan fingerprint density at radius 1 is 1.19 bits per heavy atom. The van der Waals surface area contributed by atoms with E-state index in [0.717, 1.165) is 6.42 Å². The lowest BCUT2D eigenvalue weighted by molar-refractivity contribution is 0.197. The van der Waals surface area contributed by atoms with Crippen molar-refractivity contribution in [1.82, 2.24) is 20.2 Å². The van der Waals surface area contributed by atoms with Crippen molar-refractivity contribution in [3.63, 3.8) is 0 Å². The van der Waals surface area contributed by atoms with E-state index in [1.54, 1.807) is 10.7 Å². The van der Waals surface area contributed by atoms with Crippen LogP contribution in [0.3, 0.4) is 0 Å². The van der Waals surface area contributed by atoms with Crippen molar-refractivity contribution in [3.05, 3.63) is 24.0 Å². The first-order valence-corrected chi connectivity index (χ1v) is 6.94. The molecule has 0 saturated carbocycles. The van der Waals surface area contributed by atoms with Crippen molar-refractivity contribution >= 4 is 5.69 Å². The molecule has 0 radical (unpaired) electrons. The number of hydrogen-bond acceptors (Lipinski definition) is 4. The zero-order valence-corrected chi connectivity index (χ0v) is 13.2. The third-order valence-corrected chi connectivity index (χ3v) is 3.26. The maximum Gasteiger partial charge on any atom is 0.182 e. The molecular weight excluding hydrogens is 269 g/mol. The van der Waals surface area contributed by atoms with Crippen LogP contribution in [0.2, 0.25) is 0 Å². The summed E-state index contributed by atoms with van der Waals surface area (Å²) in [6.45, 7) is 10.7. The van der Waals surface area contributed by atoms with E-state index < -0.39 is 5.82 Å². The molecule has 2 rings (SSSR count). The number of halogens is 1. The molecule has 21 heavy (non-hydrogen) atoms. The molecule has 0 saturated heterocycles. The third-order valence-electron chi connectivity index (χ3n) is 3.26. The van der Waals surface area contributed by atoms with Crippen LogP contribution in [0.25, 0.3) is 11.4 Å². The second-order valence-electron chi connectivity index (χ2n) is 7.20. The minimum Gasteiger partial charge on any atom is -0.396 e. The molecule has 0 unspecified atom stereocenters. The molecule has 0 aliphatic heterocycles. The van der Waals surface area contributed by atoms with Crippen molar-refractivity contribution in [2.75, 3.05) is 5.73 Å². The van der Waals surface area contributed by atoms with E-state index in [1.807, 2.05) is 0 Å². The first-order chi connectivity index (χ1) is 9.60. The number of benzene rings is 1. The molecule has 0 amide bonds. The highest BCUT2D eigenvalue weighted by Crippen LogP contribution is 2.34. The molecule has 0 aliphatic carbocycles. The van der Waals surface area contributed by atoms with Gasteiger partial charge < -0.3 is 5.73 Å². The number of hydrogen-bond donors (Lipinski definition) is 1. The van der Waals surface area contributed by atoms with Crippen molar-refractivity contribution in [1.29, 1.82) is 0 Å². The Bertz CT molecular complexity index is 640. The van der Waals surface area contributed by atoms with Crippen LogP contribution in [0.4, 0.5) is 10.1 Å². The summed E-state index contributed by atoms with van der Waals surface area (Å²) in [6, 6.07) is 4.62. The summed E-state index contributed by atoms with van der Waals surface area (Å²) in [5, 5.41) is 11.9. The van der Waals surface area contributed by atoms with Crippen LogP contribution in [0, 0.1) is 11.2 Å². The molecule has 0 spiro atoms. The fourth-order valence-corrected chi connectivity index (χ4v) is 2.81. The van der Waals surface area contributed by atoms with Gasteiger partial charge in [-0.15, -0.1) is 5.10 Å². The Hall–Kier alpha value is -1.98. The van der Waals surface area contributed by atoms with Crippen LogP contribution in [-0.2, 0) is 5.54 Å². The highest BCUT2D eigenvalue weighted by molar-refractivity contribution is 5.59. The summed E-state index contributed by atoms with van der Waals surface area (Å²) in [6.07, 6.45) is 0.884. The Kier molecular flexibility index (Phi) is 3.74. The van der Waals surface area contributed by atoms with E-state index in [-0.39, 0.29) is 16.6 Å². The molecule has 0 aliphatic rings. The zero-order chi connectivity index (χ0) is 15.8. The fourth-order valence-electron chi connectivity index (χ4n) is 2.81. The molecule has 114 valence electrons. The van der Waals surface area contributed by atoms with Gasteiger partial charge in [0.2, 0.25) is 0 Å². The predicted octanol–water partition coefficient (Wildman–Crippen LogP) is 3.23. The fraction of sp³-hybridized carbons (Fsp3) is 0.533. The maximum atomic E-state index is 13.7. The van der Waals surface area contributed by atoms with Gasteiger partial charge in [0.15, 0.2) is 5.82 Å². The van der Waals surface area contributed by atoms with Gasteiger partial charge in [-0.2, -0.15) is 0 Å². The summed E-state index contributed by atoms with van der Waals surface area (Å²) in [5.74, 6) is 0.0822. The summed E-state index contributed by atoms with van der Waals surface area (Å²) in [7, 11) is 0. The van der Waals surface area contributed by atoms with E-state index in [9.17, 15) is 4.39 Å². The third kappa shape index (κ3) is 3.37. The number of aromatic nitrogens is 4. The summed E-state index contributed by atoms with van der Waals surface area (Å²) in [5.41, 5.74) is 6.09. The van der Waals surface area contributed by atoms with E-state index >= 15 is 0 Å². The van der Waals surface area contributed by atoms with Crippen LogP contribution in [0.5, 0.6) is 0 Å². The van der Waals surface area contributed by atoms with Crippen LogP contribution < -0.4 is 5.73 Å². The van der Waals surface area contributed by atoms with Crippen molar-refractivity contribution in [2.24, 2.45) is 5.41 Å². The molecule has 0 atom stereocenters. The number of rotatable bonds is 3. The van der Waals surface area contributed by atoms with Gasteiger partial charge >= 0.3 is 0 Å². The summed E-state index contributed by atoms with van der Waals surface area (Å²) in [4.78, 5) is 0. The Morgan fingerprint density at radius 2 is 1.86 bits per heavy atom. The Labute approximate surface area is 124 Å². The van der Waals surface area contributed by atoms with E-state index in [0.29, 0.717) is 11.4 Å². The normalized spacial score (nSPS) is 12.7. The highest BCUT2D eigenvalue weighted by Gasteiger charge is 2.31. The number of nitrogens with zero attached hydrogens (tertiary/aromatic N) is 4. The van der Waals surface area contributed by atoms with Crippen LogP contribution in [-0.4, -0.2) is 20.2 Å². The van der Waals surface area contributed by atoms with Crippen molar-refractivity contribution < 1.29 is 4.39 Å². The molecule has 0 fully saturated rings. The summed E-state index contributed by atoms with van der Waals surface area (Å²) >= 11 is 0. The zero-order valence-electron chi connectivity index (χ0n) is 13.2. The van der Waals surface area contributed by atoms with Gasteiger partial charge in [-0.3, -0.25) is 0 Å². The van der Waals surface area contributed by atoms with Crippen LogP contribution in [0.15, 0.2) is 18.2 Å². The van der Waals surface area contributed by atoms with Crippen molar-refractivity contribution in [2.45, 2.75) is 46.6 Å². The molecule has 1 heterocycles. The lowest BCUT2D eigenvalue weighted by Crippen LogP contribution is -2.33. The maximum absolute atomic E-state index is 13.7.